The topological polar surface area (TPSA) is 84.4 Å². The maximum atomic E-state index is 4.26. The van der Waals surface area contributed by atoms with Crippen LogP contribution in [0.3, 0.4) is 0 Å². The molecule has 27 heavy (non-hydrogen) atoms. The Labute approximate surface area is 156 Å². The third kappa shape index (κ3) is 3.79. The molecule has 0 radical (unpaired) electrons. The molecule has 0 unspecified atom stereocenters. The first-order chi connectivity index (χ1) is 13.3. The van der Waals surface area contributed by atoms with Gasteiger partial charge in [0.1, 0.15) is 0 Å². The maximum absolute atomic E-state index is 4.26. The summed E-state index contributed by atoms with van der Waals surface area (Å²) >= 11 is 0. The van der Waals surface area contributed by atoms with Gasteiger partial charge in [-0.25, -0.2) is 4.68 Å². The second-order valence-electron chi connectivity index (χ2n) is 5.94. The van der Waals surface area contributed by atoms with E-state index in [9.17, 15) is 0 Å². The zero-order valence-corrected chi connectivity index (χ0v) is 14.9. The van der Waals surface area contributed by atoms with Gasteiger partial charge in [-0.15, -0.1) is 10.2 Å². The highest BCUT2D eigenvalue weighted by atomic mass is 15.3. The van der Waals surface area contributed by atoms with E-state index in [1.165, 1.54) is 0 Å². The Hall–Kier alpha value is -3.68. The molecule has 3 heterocycles. The van der Waals surface area contributed by atoms with Gasteiger partial charge in [0.25, 0.3) is 0 Å². The molecule has 8 heteroatoms. The van der Waals surface area contributed by atoms with E-state index in [0.717, 1.165) is 22.7 Å². The van der Waals surface area contributed by atoms with Crippen LogP contribution in [0, 0.1) is 0 Å². The van der Waals surface area contributed by atoms with Crippen molar-refractivity contribution < 1.29 is 0 Å². The predicted octanol–water partition coefficient (Wildman–Crippen LogP) is 1.78. The molecule has 4 aromatic rings. The summed E-state index contributed by atoms with van der Waals surface area (Å²) in [5.41, 5.74) is 3.02. The van der Waals surface area contributed by atoms with Crippen LogP contribution in [0.4, 0.5) is 0 Å². The molecule has 0 saturated heterocycles. The van der Waals surface area contributed by atoms with Gasteiger partial charge in [-0.3, -0.25) is 9.39 Å². The van der Waals surface area contributed by atoms with E-state index >= 15 is 0 Å². The van der Waals surface area contributed by atoms with E-state index in [2.05, 4.69) is 43.1 Å². The van der Waals surface area contributed by atoms with Crippen LogP contribution in [0.5, 0.6) is 0 Å². The standard InChI is InChI=1S/C19H20N8/c1-20-19(22-14-18-25-24-17-5-2-3-11-26(17)18)21-13-15-6-8-16(9-7-15)27-12-4-10-23-27/h2-12H,13-14H2,1H3,(H2,20,21,22). The zero-order chi connectivity index (χ0) is 18.5. The quantitative estimate of drug-likeness (QED) is 0.419. The molecule has 0 atom stereocenters. The van der Waals surface area contributed by atoms with Crippen molar-refractivity contribution in [2.24, 2.45) is 4.99 Å². The molecular formula is C19H20N8. The van der Waals surface area contributed by atoms with Crippen LogP contribution in [-0.2, 0) is 13.1 Å². The number of nitrogens with zero attached hydrogens (tertiary/aromatic N) is 6. The van der Waals surface area contributed by atoms with Crippen LogP contribution in [0.25, 0.3) is 11.3 Å². The fourth-order valence-electron chi connectivity index (χ4n) is 2.77. The molecule has 0 aliphatic rings. The first-order valence-electron chi connectivity index (χ1n) is 8.65. The van der Waals surface area contributed by atoms with E-state index in [4.69, 9.17) is 0 Å². The van der Waals surface area contributed by atoms with E-state index in [1.807, 2.05) is 57.9 Å². The molecule has 0 spiro atoms. The van der Waals surface area contributed by atoms with Crippen molar-refractivity contribution in [3.8, 4) is 5.69 Å². The fourth-order valence-corrected chi connectivity index (χ4v) is 2.77. The lowest BCUT2D eigenvalue weighted by molar-refractivity contribution is 0.762. The smallest absolute Gasteiger partial charge is 0.191 e. The molecular weight excluding hydrogens is 340 g/mol. The second kappa shape index (κ2) is 7.69. The molecule has 8 nitrogen and oxygen atoms in total. The Morgan fingerprint density at radius 3 is 2.59 bits per heavy atom. The van der Waals surface area contributed by atoms with Gasteiger partial charge in [0.2, 0.25) is 0 Å². The number of hydrogen-bond acceptors (Lipinski definition) is 4. The first-order valence-corrected chi connectivity index (χ1v) is 8.65. The molecule has 0 amide bonds. The third-order valence-electron chi connectivity index (χ3n) is 4.19. The Balaban J connectivity index is 1.34. The highest BCUT2D eigenvalue weighted by molar-refractivity contribution is 5.79. The average Bonchev–Trinajstić information content (AvgIpc) is 3.39. The van der Waals surface area contributed by atoms with Crippen LogP contribution in [0.15, 0.2) is 72.1 Å². The number of rotatable bonds is 5. The molecule has 3 aromatic heterocycles. The number of fused-ring (bicyclic) bond motifs is 1. The van der Waals surface area contributed by atoms with Crippen molar-refractivity contribution >= 4 is 11.6 Å². The summed E-state index contributed by atoms with van der Waals surface area (Å²) in [5.74, 6) is 1.54. The molecule has 0 bridgehead atoms. The van der Waals surface area contributed by atoms with Crippen molar-refractivity contribution in [1.29, 1.82) is 0 Å². The number of aliphatic imine (C=N–C) groups is 1. The van der Waals surface area contributed by atoms with Crippen molar-refractivity contribution in [2.45, 2.75) is 13.1 Å². The normalized spacial score (nSPS) is 11.7. The summed E-state index contributed by atoms with van der Waals surface area (Å²) in [6.07, 6.45) is 5.64. The Bertz CT molecular complexity index is 1030. The van der Waals surface area contributed by atoms with E-state index < -0.39 is 0 Å². The fraction of sp³-hybridized carbons (Fsp3) is 0.158. The van der Waals surface area contributed by atoms with Crippen molar-refractivity contribution in [3.63, 3.8) is 0 Å². The lowest BCUT2D eigenvalue weighted by Crippen LogP contribution is -2.36. The molecule has 1 aromatic carbocycles. The monoisotopic (exact) mass is 360 g/mol. The average molecular weight is 360 g/mol. The van der Waals surface area contributed by atoms with E-state index in [1.54, 1.807) is 13.2 Å². The lowest BCUT2D eigenvalue weighted by Gasteiger charge is -2.11. The van der Waals surface area contributed by atoms with Crippen molar-refractivity contribution in [3.05, 3.63) is 78.5 Å². The molecule has 0 aliphatic carbocycles. The van der Waals surface area contributed by atoms with Crippen LogP contribution in [-0.4, -0.2) is 37.4 Å². The van der Waals surface area contributed by atoms with Gasteiger partial charge in [0.15, 0.2) is 17.4 Å². The number of pyridine rings is 1. The summed E-state index contributed by atoms with van der Waals surface area (Å²) in [4.78, 5) is 4.26. The minimum absolute atomic E-state index is 0.531. The van der Waals surface area contributed by atoms with Gasteiger partial charge in [0.05, 0.1) is 12.2 Å². The number of guanidine groups is 1. The summed E-state index contributed by atoms with van der Waals surface area (Å²) in [5, 5.41) is 19.2. The summed E-state index contributed by atoms with van der Waals surface area (Å²) in [6.45, 7) is 1.20. The zero-order valence-electron chi connectivity index (χ0n) is 14.9. The molecule has 2 N–H and O–H groups in total. The van der Waals surface area contributed by atoms with Gasteiger partial charge in [-0.05, 0) is 35.9 Å². The predicted molar refractivity (Wildman–Crippen MR) is 104 cm³/mol. The molecule has 136 valence electrons. The minimum atomic E-state index is 0.531. The summed E-state index contributed by atoms with van der Waals surface area (Å²) < 4.78 is 3.79. The number of aromatic nitrogens is 5. The van der Waals surface area contributed by atoms with E-state index in [-0.39, 0.29) is 0 Å². The highest BCUT2D eigenvalue weighted by Crippen LogP contribution is 2.08. The molecule has 0 aliphatic heterocycles. The first kappa shape index (κ1) is 16.8. The van der Waals surface area contributed by atoms with Crippen molar-refractivity contribution in [2.75, 3.05) is 7.05 Å². The lowest BCUT2D eigenvalue weighted by atomic mass is 10.2. The second-order valence-corrected chi connectivity index (χ2v) is 5.94. The van der Waals surface area contributed by atoms with Gasteiger partial charge in [-0.1, -0.05) is 18.2 Å². The van der Waals surface area contributed by atoms with Gasteiger partial charge in [0, 0.05) is 32.2 Å². The van der Waals surface area contributed by atoms with Crippen LogP contribution in [0.1, 0.15) is 11.4 Å². The molecule has 0 fully saturated rings. The van der Waals surface area contributed by atoms with Crippen LogP contribution >= 0.6 is 0 Å². The van der Waals surface area contributed by atoms with Crippen LogP contribution < -0.4 is 10.6 Å². The van der Waals surface area contributed by atoms with Crippen LogP contribution in [0.2, 0.25) is 0 Å². The van der Waals surface area contributed by atoms with Gasteiger partial charge < -0.3 is 10.6 Å². The molecule has 4 rings (SSSR count). The maximum Gasteiger partial charge on any atom is 0.191 e. The Morgan fingerprint density at radius 2 is 1.81 bits per heavy atom. The number of benzene rings is 1. The van der Waals surface area contributed by atoms with Crippen molar-refractivity contribution in [1.82, 2.24) is 35.0 Å². The van der Waals surface area contributed by atoms with Gasteiger partial charge in [-0.2, -0.15) is 5.10 Å². The highest BCUT2D eigenvalue weighted by Gasteiger charge is 2.06. The molecule has 0 saturated carbocycles. The summed E-state index contributed by atoms with van der Waals surface area (Å²) in [6, 6.07) is 16.0. The Morgan fingerprint density at radius 1 is 0.963 bits per heavy atom. The minimum Gasteiger partial charge on any atom is -0.352 e. The van der Waals surface area contributed by atoms with Gasteiger partial charge >= 0.3 is 0 Å². The number of hydrogen-bond donors (Lipinski definition) is 2. The largest absolute Gasteiger partial charge is 0.352 e. The third-order valence-corrected chi connectivity index (χ3v) is 4.19. The SMILES string of the molecule is CN=C(NCc1ccc(-n2cccn2)cc1)NCc1nnc2ccccn12. The Kier molecular flexibility index (Phi) is 4.78. The van der Waals surface area contributed by atoms with E-state index in [0.29, 0.717) is 19.0 Å². The summed E-state index contributed by atoms with van der Waals surface area (Å²) in [7, 11) is 1.75. The number of nitrogens with one attached hydrogen (secondary N) is 2.